The number of aryl methyl sites for hydroxylation is 2. The van der Waals surface area contributed by atoms with Crippen LogP contribution in [0.3, 0.4) is 0 Å². The van der Waals surface area contributed by atoms with Gasteiger partial charge in [-0.2, -0.15) is 0 Å². The average molecular weight is 323 g/mol. The molecule has 1 aliphatic rings. The van der Waals surface area contributed by atoms with Crippen LogP contribution >= 0.6 is 0 Å². The van der Waals surface area contributed by atoms with Gasteiger partial charge in [-0.1, -0.05) is 12.1 Å². The zero-order valence-electron chi connectivity index (χ0n) is 13.4. The summed E-state index contributed by atoms with van der Waals surface area (Å²) in [7, 11) is 0. The monoisotopic (exact) mass is 323 g/mol. The fraction of sp³-hybridized carbons (Fsp3) is 0.263. The number of carbonyl (C=O) groups excluding carboxylic acids is 1. The van der Waals surface area contributed by atoms with Crippen molar-refractivity contribution in [2.24, 2.45) is 5.92 Å². The van der Waals surface area contributed by atoms with E-state index in [0.29, 0.717) is 6.42 Å². The zero-order chi connectivity index (χ0) is 16.7. The molecule has 0 bridgehead atoms. The molecule has 24 heavy (non-hydrogen) atoms. The van der Waals surface area contributed by atoms with E-state index in [-0.39, 0.29) is 17.5 Å². The molecule has 1 atom stereocenters. The number of rotatable bonds is 2. The van der Waals surface area contributed by atoms with Gasteiger partial charge in [-0.15, -0.1) is 0 Å². The number of nitrogens with one attached hydrogen (secondary N) is 1. The summed E-state index contributed by atoms with van der Waals surface area (Å²) >= 11 is 0. The van der Waals surface area contributed by atoms with Crippen molar-refractivity contribution < 1.29 is 9.18 Å². The lowest BCUT2D eigenvalue weighted by Crippen LogP contribution is -2.29. The smallest absolute Gasteiger partial charge is 0.227 e. The van der Waals surface area contributed by atoms with Crippen LogP contribution in [0.25, 0.3) is 5.65 Å². The Kier molecular flexibility index (Phi) is 3.56. The highest BCUT2D eigenvalue weighted by Gasteiger charge is 2.28. The Balaban J connectivity index is 1.58. The number of nitrogens with zero attached hydrogens (tertiary/aromatic N) is 2. The Morgan fingerprint density at radius 1 is 1.33 bits per heavy atom. The molecule has 4 nitrogen and oxygen atoms in total. The molecule has 0 saturated carbocycles. The van der Waals surface area contributed by atoms with Crippen LogP contribution in [0, 0.1) is 18.7 Å². The topological polar surface area (TPSA) is 46.4 Å². The lowest BCUT2D eigenvalue weighted by molar-refractivity contribution is -0.120. The molecule has 2 aromatic heterocycles. The fourth-order valence-corrected chi connectivity index (χ4v) is 3.33. The third-order valence-electron chi connectivity index (χ3n) is 4.64. The molecule has 0 saturated heterocycles. The molecule has 122 valence electrons. The Bertz CT molecular complexity index is 932. The predicted octanol–water partition coefficient (Wildman–Crippen LogP) is 3.53. The highest BCUT2D eigenvalue weighted by Crippen LogP contribution is 2.28. The van der Waals surface area contributed by atoms with Crippen LogP contribution in [0.5, 0.6) is 0 Å². The summed E-state index contributed by atoms with van der Waals surface area (Å²) in [4.78, 5) is 17.2. The van der Waals surface area contributed by atoms with E-state index in [1.807, 2.05) is 25.3 Å². The molecule has 1 aliphatic carbocycles. The Labute approximate surface area is 139 Å². The number of fused-ring (bicyclic) bond motifs is 3. The van der Waals surface area contributed by atoms with Gasteiger partial charge in [0.1, 0.15) is 11.5 Å². The van der Waals surface area contributed by atoms with Crippen molar-refractivity contribution >= 4 is 17.2 Å². The van der Waals surface area contributed by atoms with Crippen LogP contribution in [0.15, 0.2) is 42.6 Å². The van der Waals surface area contributed by atoms with Gasteiger partial charge < -0.3 is 9.72 Å². The number of para-hydroxylation sites is 1. The summed E-state index contributed by atoms with van der Waals surface area (Å²) in [5.41, 5.74) is 4.48. The van der Waals surface area contributed by atoms with Gasteiger partial charge in [0.05, 0.1) is 11.4 Å². The molecule has 0 aliphatic heterocycles. The van der Waals surface area contributed by atoms with Gasteiger partial charge in [0.15, 0.2) is 0 Å². The highest BCUT2D eigenvalue weighted by molar-refractivity contribution is 5.93. The van der Waals surface area contributed by atoms with E-state index in [0.717, 1.165) is 29.9 Å². The van der Waals surface area contributed by atoms with Crippen LogP contribution in [-0.2, 0) is 17.6 Å². The molecular weight excluding hydrogens is 305 g/mol. The van der Waals surface area contributed by atoms with Crippen LogP contribution in [0.1, 0.15) is 23.4 Å². The van der Waals surface area contributed by atoms with E-state index >= 15 is 0 Å². The molecule has 5 heteroatoms. The molecular formula is C19H18FN3O. The first-order valence-corrected chi connectivity index (χ1v) is 8.13. The molecule has 0 fully saturated rings. The summed E-state index contributed by atoms with van der Waals surface area (Å²) in [5, 5.41) is 2.72. The summed E-state index contributed by atoms with van der Waals surface area (Å²) in [6.45, 7) is 2.04. The number of benzene rings is 1. The Morgan fingerprint density at radius 3 is 3.00 bits per heavy atom. The second-order valence-corrected chi connectivity index (χ2v) is 6.35. The first-order chi connectivity index (χ1) is 11.6. The molecule has 4 rings (SSSR count). The van der Waals surface area contributed by atoms with Gasteiger partial charge in [0.2, 0.25) is 5.91 Å². The Morgan fingerprint density at radius 2 is 2.17 bits per heavy atom. The van der Waals surface area contributed by atoms with Gasteiger partial charge in [-0.3, -0.25) is 4.79 Å². The van der Waals surface area contributed by atoms with Crippen molar-refractivity contribution in [3.05, 3.63) is 65.4 Å². The first kappa shape index (κ1) is 14.9. The average Bonchev–Trinajstić information content (AvgIpc) is 2.93. The van der Waals surface area contributed by atoms with Crippen LogP contribution in [0.4, 0.5) is 10.1 Å². The van der Waals surface area contributed by atoms with Gasteiger partial charge in [0.25, 0.3) is 0 Å². The molecule has 2 heterocycles. The van der Waals surface area contributed by atoms with E-state index in [2.05, 4.69) is 14.7 Å². The standard InChI is InChI=1S/C19H18FN3O/c1-12-8-9-23-17-11-13(6-7-16(17)21-18(23)10-12)19(24)22-15-5-3-2-4-14(15)20/h2-5,8-10,13H,6-7,11H2,1H3,(H,22,24). The van der Waals surface area contributed by atoms with Gasteiger partial charge in [0, 0.05) is 24.2 Å². The number of hydrogen-bond donors (Lipinski definition) is 1. The number of imidazole rings is 1. The molecule has 0 radical (unpaired) electrons. The number of hydrogen-bond acceptors (Lipinski definition) is 2. The van der Waals surface area contributed by atoms with E-state index in [4.69, 9.17) is 0 Å². The van der Waals surface area contributed by atoms with Gasteiger partial charge in [-0.05, 0) is 49.6 Å². The molecule has 1 N–H and O–H groups in total. The SMILES string of the molecule is Cc1ccn2c3c(nc2c1)CCC(C(=O)Nc1ccccc1F)C3. The maximum absolute atomic E-state index is 13.7. The van der Waals surface area contributed by atoms with Gasteiger partial charge >= 0.3 is 0 Å². The molecule has 0 spiro atoms. The normalized spacial score (nSPS) is 16.8. The molecule has 3 aromatic rings. The summed E-state index contributed by atoms with van der Waals surface area (Å²) in [6, 6.07) is 10.3. The van der Waals surface area contributed by atoms with Gasteiger partial charge in [-0.25, -0.2) is 9.37 Å². The molecule has 1 aromatic carbocycles. The minimum Gasteiger partial charge on any atom is -0.323 e. The first-order valence-electron chi connectivity index (χ1n) is 8.13. The van der Waals surface area contributed by atoms with Crippen molar-refractivity contribution in [1.82, 2.24) is 9.38 Å². The molecule has 1 amide bonds. The van der Waals surface area contributed by atoms with E-state index in [1.165, 1.54) is 11.6 Å². The molecule has 1 unspecified atom stereocenters. The number of halogens is 1. The summed E-state index contributed by atoms with van der Waals surface area (Å²) in [6.07, 6.45) is 4.13. The number of carbonyl (C=O) groups is 1. The van der Waals surface area contributed by atoms with E-state index < -0.39 is 5.82 Å². The minimum atomic E-state index is -0.410. The lowest BCUT2D eigenvalue weighted by atomic mass is 9.89. The summed E-state index contributed by atoms with van der Waals surface area (Å²) in [5.74, 6) is -0.709. The number of amides is 1. The van der Waals surface area contributed by atoms with E-state index in [9.17, 15) is 9.18 Å². The van der Waals surface area contributed by atoms with Crippen LogP contribution < -0.4 is 5.32 Å². The number of anilines is 1. The summed E-state index contributed by atoms with van der Waals surface area (Å²) < 4.78 is 15.8. The maximum atomic E-state index is 13.7. The van der Waals surface area contributed by atoms with Crippen molar-refractivity contribution in [1.29, 1.82) is 0 Å². The van der Waals surface area contributed by atoms with Crippen molar-refractivity contribution in [3.8, 4) is 0 Å². The van der Waals surface area contributed by atoms with Crippen LogP contribution in [0.2, 0.25) is 0 Å². The lowest BCUT2D eigenvalue weighted by Gasteiger charge is -2.21. The number of pyridine rings is 1. The van der Waals surface area contributed by atoms with Crippen molar-refractivity contribution in [2.75, 3.05) is 5.32 Å². The largest absolute Gasteiger partial charge is 0.323 e. The number of aromatic nitrogens is 2. The van der Waals surface area contributed by atoms with E-state index in [1.54, 1.807) is 18.2 Å². The Hall–Kier alpha value is -2.69. The quantitative estimate of drug-likeness (QED) is 0.784. The highest BCUT2D eigenvalue weighted by atomic mass is 19.1. The van der Waals surface area contributed by atoms with Crippen LogP contribution in [-0.4, -0.2) is 15.3 Å². The predicted molar refractivity (Wildman–Crippen MR) is 90.5 cm³/mol. The minimum absolute atomic E-state index is 0.132. The fourth-order valence-electron chi connectivity index (χ4n) is 3.33. The zero-order valence-corrected chi connectivity index (χ0v) is 13.4. The third-order valence-corrected chi connectivity index (χ3v) is 4.64. The van der Waals surface area contributed by atoms with Crippen molar-refractivity contribution in [2.45, 2.75) is 26.2 Å². The van der Waals surface area contributed by atoms with Crippen molar-refractivity contribution in [3.63, 3.8) is 0 Å². The maximum Gasteiger partial charge on any atom is 0.227 e. The second-order valence-electron chi connectivity index (χ2n) is 6.35. The third kappa shape index (κ3) is 2.56. The second kappa shape index (κ2) is 5.74.